The first-order valence-corrected chi connectivity index (χ1v) is 11.2. The fraction of sp³-hybridized carbons (Fsp3) is 0.111. The number of benzene rings is 2. The fourth-order valence-electron chi connectivity index (χ4n) is 4.50. The van der Waals surface area contributed by atoms with Crippen molar-refractivity contribution in [3.8, 4) is 22.7 Å². The van der Waals surface area contributed by atoms with Gasteiger partial charge in [-0.1, -0.05) is 12.1 Å². The highest BCUT2D eigenvalue weighted by molar-refractivity contribution is 6.15. The van der Waals surface area contributed by atoms with Crippen molar-refractivity contribution in [2.45, 2.75) is 13.3 Å². The van der Waals surface area contributed by atoms with Crippen LogP contribution in [0.4, 0.5) is 5.82 Å². The minimum absolute atomic E-state index is 0.115. The van der Waals surface area contributed by atoms with Crippen LogP contribution in [0.1, 0.15) is 27.3 Å². The number of aryl methyl sites for hydroxylation is 1. The van der Waals surface area contributed by atoms with Gasteiger partial charge in [-0.2, -0.15) is 5.10 Å². The van der Waals surface area contributed by atoms with Gasteiger partial charge in [0.25, 0.3) is 0 Å². The van der Waals surface area contributed by atoms with Crippen molar-refractivity contribution < 1.29 is 9.53 Å². The highest BCUT2D eigenvalue weighted by atomic mass is 16.5. The molecular formula is C27H22N6O2. The summed E-state index contributed by atoms with van der Waals surface area (Å²) >= 11 is 0. The van der Waals surface area contributed by atoms with Gasteiger partial charge in [0.15, 0.2) is 5.78 Å². The third-order valence-electron chi connectivity index (χ3n) is 6.31. The third-order valence-corrected chi connectivity index (χ3v) is 6.31. The lowest BCUT2D eigenvalue weighted by Gasteiger charge is -2.06. The number of fused-ring (bicyclic) bond motifs is 2. The van der Waals surface area contributed by atoms with Crippen LogP contribution in [0.15, 0.2) is 66.5 Å². The number of carbonyl (C=O) groups is 1. The number of ether oxygens (including phenoxy) is 1. The highest BCUT2D eigenvalue weighted by Crippen LogP contribution is 2.32. The molecule has 172 valence electrons. The summed E-state index contributed by atoms with van der Waals surface area (Å²) in [6.07, 6.45) is 5.81. The molecule has 5 aromatic rings. The fourth-order valence-corrected chi connectivity index (χ4v) is 4.50. The summed E-state index contributed by atoms with van der Waals surface area (Å²) in [6.45, 7) is 1.91. The molecular weight excluding hydrogens is 440 g/mol. The van der Waals surface area contributed by atoms with Crippen LogP contribution in [0.5, 0.6) is 5.88 Å². The molecule has 8 nitrogen and oxygen atoms in total. The Morgan fingerprint density at radius 3 is 2.74 bits per heavy atom. The molecule has 35 heavy (non-hydrogen) atoms. The van der Waals surface area contributed by atoms with Crippen molar-refractivity contribution in [2.24, 2.45) is 0 Å². The number of carbonyl (C=O) groups excluding carboxylic acids is 1. The predicted octanol–water partition coefficient (Wildman–Crippen LogP) is 4.53. The highest BCUT2D eigenvalue weighted by Gasteiger charge is 2.24. The monoisotopic (exact) mass is 462 g/mol. The number of hydrogen-bond donors (Lipinski definition) is 2. The van der Waals surface area contributed by atoms with Crippen LogP contribution in [-0.2, 0) is 6.42 Å². The molecule has 0 saturated carbocycles. The summed E-state index contributed by atoms with van der Waals surface area (Å²) in [5, 5.41) is 4.40. The Labute approximate surface area is 201 Å². The number of aromatic amines is 1. The second-order valence-corrected chi connectivity index (χ2v) is 8.56. The zero-order chi connectivity index (χ0) is 24.1. The maximum Gasteiger partial charge on any atom is 0.212 e. The van der Waals surface area contributed by atoms with E-state index in [0.717, 1.165) is 44.8 Å². The zero-order valence-corrected chi connectivity index (χ0v) is 19.2. The number of methoxy groups -OCH3 is 1. The maximum atomic E-state index is 13.4. The molecule has 1 aliphatic rings. The number of hydrogen-bond acceptors (Lipinski definition) is 6. The number of nitrogen functional groups attached to an aromatic ring is 1. The molecule has 3 N–H and O–H groups in total. The lowest BCUT2D eigenvalue weighted by molar-refractivity contribution is 0.103. The Bertz CT molecular complexity index is 1640. The zero-order valence-electron chi connectivity index (χ0n) is 19.2. The molecule has 2 aromatic carbocycles. The predicted molar refractivity (Wildman–Crippen MR) is 135 cm³/mol. The number of nitrogens with two attached hydrogens (primary N) is 1. The molecule has 8 heteroatoms. The lowest BCUT2D eigenvalue weighted by atomic mass is 10.0. The molecule has 0 aliphatic heterocycles. The summed E-state index contributed by atoms with van der Waals surface area (Å²) in [7, 11) is 1.59. The first-order valence-electron chi connectivity index (χ1n) is 11.2. The summed E-state index contributed by atoms with van der Waals surface area (Å²) in [6, 6.07) is 15.7. The van der Waals surface area contributed by atoms with Crippen LogP contribution in [0.3, 0.4) is 0 Å². The number of H-pyrrole nitrogens is 1. The van der Waals surface area contributed by atoms with Crippen LogP contribution in [-0.4, -0.2) is 37.6 Å². The van der Waals surface area contributed by atoms with Gasteiger partial charge in [-0.05, 0) is 60.0 Å². The van der Waals surface area contributed by atoms with E-state index in [-0.39, 0.29) is 5.78 Å². The van der Waals surface area contributed by atoms with Gasteiger partial charge in [0.05, 0.1) is 35.6 Å². The number of anilines is 1. The van der Waals surface area contributed by atoms with Gasteiger partial charge >= 0.3 is 0 Å². The van der Waals surface area contributed by atoms with Crippen molar-refractivity contribution in [3.63, 3.8) is 0 Å². The van der Waals surface area contributed by atoms with E-state index in [1.165, 1.54) is 0 Å². The number of aromatic nitrogens is 5. The van der Waals surface area contributed by atoms with Crippen LogP contribution >= 0.6 is 0 Å². The van der Waals surface area contributed by atoms with Gasteiger partial charge in [-0.15, -0.1) is 0 Å². The Balaban J connectivity index is 1.29. The van der Waals surface area contributed by atoms with Gasteiger partial charge in [-0.3, -0.25) is 4.79 Å². The van der Waals surface area contributed by atoms with Gasteiger partial charge in [0.2, 0.25) is 5.88 Å². The van der Waals surface area contributed by atoms with Gasteiger partial charge in [-0.25, -0.2) is 14.6 Å². The molecule has 0 bridgehead atoms. The second-order valence-electron chi connectivity index (χ2n) is 8.56. The average molecular weight is 463 g/mol. The minimum Gasteiger partial charge on any atom is -0.481 e. The van der Waals surface area contributed by atoms with E-state index < -0.39 is 0 Å². The van der Waals surface area contributed by atoms with Crippen LogP contribution in [0, 0.1) is 6.92 Å². The number of ketones is 1. The average Bonchev–Trinajstić information content (AvgIpc) is 3.58. The number of pyridine rings is 1. The lowest BCUT2D eigenvalue weighted by Crippen LogP contribution is -2.08. The van der Waals surface area contributed by atoms with Gasteiger partial charge < -0.3 is 15.5 Å². The normalized spacial score (nSPS) is 12.6. The Hall–Kier alpha value is -4.72. The SMILES string of the molecule is COc1ccc(-c2ccc3c(c2)C=C(C(=O)c2cnn(-c4ccc5nc(C)[nH]c5c4)c2N)C3)cn1. The molecule has 0 atom stereocenters. The second kappa shape index (κ2) is 7.95. The first kappa shape index (κ1) is 20.9. The number of allylic oxidation sites excluding steroid dienone is 1. The number of rotatable bonds is 5. The van der Waals surface area contributed by atoms with Crippen molar-refractivity contribution in [1.82, 2.24) is 24.7 Å². The molecule has 0 radical (unpaired) electrons. The molecule has 0 fully saturated rings. The van der Waals surface area contributed by atoms with Crippen LogP contribution < -0.4 is 10.5 Å². The van der Waals surface area contributed by atoms with Gasteiger partial charge in [0.1, 0.15) is 11.6 Å². The quantitative estimate of drug-likeness (QED) is 0.371. The van der Waals surface area contributed by atoms with E-state index in [1.807, 2.05) is 49.4 Å². The first-order chi connectivity index (χ1) is 17.0. The minimum atomic E-state index is -0.115. The number of Topliss-reactive ketones (excluding diaryl/α,β-unsaturated/α-hetero) is 1. The third kappa shape index (κ3) is 3.56. The van der Waals surface area contributed by atoms with Crippen LogP contribution in [0.2, 0.25) is 0 Å². The Kier molecular flexibility index (Phi) is 4.74. The number of imidazole rings is 1. The largest absolute Gasteiger partial charge is 0.481 e. The number of nitrogens with one attached hydrogen (secondary N) is 1. The standard InChI is InChI=1S/C27H22N6O2/c1-15-31-23-7-6-21(12-24(23)32-15)33-27(28)22(14-30-33)26(34)20-10-17-4-3-16(9-19(17)11-20)18-5-8-25(35-2)29-13-18/h3-9,11-14H,10,28H2,1-2H3,(H,31,32). The topological polar surface area (TPSA) is 112 Å². The summed E-state index contributed by atoms with van der Waals surface area (Å²) in [5.41, 5.74) is 14.1. The van der Waals surface area contributed by atoms with Gasteiger partial charge in [0, 0.05) is 29.8 Å². The van der Waals surface area contributed by atoms with Crippen molar-refractivity contribution in [1.29, 1.82) is 0 Å². The van der Waals surface area contributed by atoms with E-state index in [1.54, 1.807) is 24.2 Å². The molecule has 0 unspecified atom stereocenters. The Morgan fingerprint density at radius 1 is 1.09 bits per heavy atom. The molecule has 0 saturated heterocycles. The molecule has 3 heterocycles. The van der Waals surface area contributed by atoms with E-state index in [0.29, 0.717) is 29.3 Å². The van der Waals surface area contributed by atoms with Crippen LogP contribution in [0.25, 0.3) is 33.9 Å². The maximum absolute atomic E-state index is 13.4. The van der Waals surface area contributed by atoms with Crippen molar-refractivity contribution in [3.05, 3.63) is 89.0 Å². The molecule has 0 amide bonds. The van der Waals surface area contributed by atoms with E-state index in [4.69, 9.17) is 10.5 Å². The summed E-state index contributed by atoms with van der Waals surface area (Å²) in [5.74, 6) is 1.60. The summed E-state index contributed by atoms with van der Waals surface area (Å²) in [4.78, 5) is 25.3. The Morgan fingerprint density at radius 2 is 1.94 bits per heavy atom. The van der Waals surface area contributed by atoms with E-state index in [9.17, 15) is 4.79 Å². The molecule has 6 rings (SSSR count). The van der Waals surface area contributed by atoms with Crippen molar-refractivity contribution >= 4 is 28.7 Å². The van der Waals surface area contributed by atoms with Crippen molar-refractivity contribution in [2.75, 3.05) is 12.8 Å². The smallest absolute Gasteiger partial charge is 0.212 e. The molecule has 0 spiro atoms. The molecule has 1 aliphatic carbocycles. The summed E-state index contributed by atoms with van der Waals surface area (Å²) < 4.78 is 6.73. The molecule has 3 aromatic heterocycles. The van der Waals surface area contributed by atoms with E-state index >= 15 is 0 Å². The van der Waals surface area contributed by atoms with E-state index in [2.05, 4.69) is 32.2 Å². The number of nitrogens with zero attached hydrogens (tertiary/aromatic N) is 4.